The fourth-order valence-corrected chi connectivity index (χ4v) is 2.95. The second-order valence-electron chi connectivity index (χ2n) is 5.99. The molecule has 5 heteroatoms. The third-order valence-electron chi connectivity index (χ3n) is 3.99. The minimum absolute atomic E-state index is 0.0734. The van der Waals surface area contributed by atoms with Crippen LogP contribution in [0, 0.1) is 17.2 Å². The Hall–Kier alpha value is -2.06. The highest BCUT2D eigenvalue weighted by Crippen LogP contribution is 2.19. The predicted molar refractivity (Wildman–Crippen MR) is 87.6 cm³/mol. The van der Waals surface area contributed by atoms with Crippen LogP contribution in [0.5, 0.6) is 0 Å². The molecule has 1 heterocycles. The Labute approximate surface area is 132 Å². The second kappa shape index (κ2) is 7.81. The average Bonchev–Trinajstić information content (AvgIpc) is 2.96. The van der Waals surface area contributed by atoms with Crippen LogP contribution in [0.4, 0.5) is 10.5 Å². The van der Waals surface area contributed by atoms with Crippen LogP contribution in [-0.2, 0) is 0 Å². The first-order valence-corrected chi connectivity index (χ1v) is 7.87. The fraction of sp³-hybridized carbons (Fsp3) is 0.529. The van der Waals surface area contributed by atoms with E-state index in [0.29, 0.717) is 17.2 Å². The van der Waals surface area contributed by atoms with Gasteiger partial charge in [0.15, 0.2) is 0 Å². The van der Waals surface area contributed by atoms with E-state index >= 15 is 0 Å². The average molecular weight is 300 g/mol. The lowest BCUT2D eigenvalue weighted by atomic mass is 10.1. The zero-order valence-electron chi connectivity index (χ0n) is 13.4. The van der Waals surface area contributed by atoms with E-state index < -0.39 is 0 Å². The molecule has 0 bridgehead atoms. The number of benzene rings is 1. The van der Waals surface area contributed by atoms with Gasteiger partial charge in [-0.1, -0.05) is 13.0 Å². The van der Waals surface area contributed by atoms with E-state index in [-0.39, 0.29) is 6.03 Å². The summed E-state index contributed by atoms with van der Waals surface area (Å²) in [7, 11) is 2.14. The molecule has 1 N–H and O–H groups in total. The molecule has 1 aliphatic heterocycles. The molecule has 0 aliphatic carbocycles. The molecule has 118 valence electrons. The molecular formula is C17H24N4O. The summed E-state index contributed by atoms with van der Waals surface area (Å²) < 4.78 is 0. The van der Waals surface area contributed by atoms with Crippen LogP contribution in [0.3, 0.4) is 0 Å². The molecule has 0 aromatic heterocycles. The van der Waals surface area contributed by atoms with Crippen molar-refractivity contribution in [3.8, 4) is 6.07 Å². The highest BCUT2D eigenvalue weighted by Gasteiger charge is 2.26. The molecule has 2 rings (SSSR count). The zero-order valence-corrected chi connectivity index (χ0v) is 13.4. The van der Waals surface area contributed by atoms with Gasteiger partial charge in [-0.25, -0.2) is 4.79 Å². The molecule has 1 aromatic carbocycles. The molecule has 0 spiro atoms. The van der Waals surface area contributed by atoms with Gasteiger partial charge in [0, 0.05) is 25.3 Å². The Morgan fingerprint density at radius 2 is 2.36 bits per heavy atom. The Morgan fingerprint density at radius 1 is 1.55 bits per heavy atom. The van der Waals surface area contributed by atoms with Crippen molar-refractivity contribution in [2.75, 3.05) is 38.5 Å². The number of carbonyl (C=O) groups excluding carboxylic acids is 1. The fourth-order valence-electron chi connectivity index (χ4n) is 2.95. The maximum Gasteiger partial charge on any atom is 0.321 e. The highest BCUT2D eigenvalue weighted by atomic mass is 16.2. The predicted octanol–water partition coefficient (Wildman–Crippen LogP) is 2.75. The number of hydrogen-bond donors (Lipinski definition) is 1. The third kappa shape index (κ3) is 4.47. The molecular weight excluding hydrogens is 276 g/mol. The summed E-state index contributed by atoms with van der Waals surface area (Å²) in [4.78, 5) is 16.5. The number of anilines is 1. The van der Waals surface area contributed by atoms with Crippen LogP contribution >= 0.6 is 0 Å². The summed E-state index contributed by atoms with van der Waals surface area (Å²) in [5.74, 6) is 0.549. The molecule has 2 amide bonds. The van der Waals surface area contributed by atoms with Crippen molar-refractivity contribution >= 4 is 11.7 Å². The largest absolute Gasteiger partial charge is 0.324 e. The summed E-state index contributed by atoms with van der Waals surface area (Å²) in [5.41, 5.74) is 1.23. The number of rotatable bonds is 5. The van der Waals surface area contributed by atoms with Gasteiger partial charge in [0.2, 0.25) is 0 Å². The van der Waals surface area contributed by atoms with Crippen molar-refractivity contribution in [3.05, 3.63) is 29.8 Å². The molecule has 5 nitrogen and oxygen atoms in total. The van der Waals surface area contributed by atoms with Crippen molar-refractivity contribution in [2.24, 2.45) is 5.92 Å². The van der Waals surface area contributed by atoms with Crippen LogP contribution < -0.4 is 5.32 Å². The SMILES string of the molecule is CCCN(C)CC1CCN(C(=O)Nc2cccc(C#N)c2)C1. The number of hydrogen-bond acceptors (Lipinski definition) is 3. The summed E-state index contributed by atoms with van der Waals surface area (Å²) in [6.07, 6.45) is 2.21. The van der Waals surface area contributed by atoms with Crippen molar-refractivity contribution < 1.29 is 4.79 Å². The molecule has 1 aliphatic rings. The zero-order chi connectivity index (χ0) is 15.9. The van der Waals surface area contributed by atoms with E-state index in [1.165, 1.54) is 0 Å². The molecule has 22 heavy (non-hydrogen) atoms. The van der Waals surface area contributed by atoms with Gasteiger partial charge < -0.3 is 15.1 Å². The van der Waals surface area contributed by atoms with Crippen LogP contribution in [0.2, 0.25) is 0 Å². The van der Waals surface area contributed by atoms with E-state index in [1.54, 1.807) is 24.3 Å². The molecule has 1 saturated heterocycles. The molecule has 1 aromatic rings. The van der Waals surface area contributed by atoms with Gasteiger partial charge in [0.1, 0.15) is 0 Å². The van der Waals surface area contributed by atoms with E-state index in [1.807, 2.05) is 4.90 Å². The second-order valence-corrected chi connectivity index (χ2v) is 5.99. The van der Waals surface area contributed by atoms with E-state index in [0.717, 1.165) is 39.0 Å². The number of carbonyl (C=O) groups is 1. The Balaban J connectivity index is 1.85. The summed E-state index contributed by atoms with van der Waals surface area (Å²) in [6, 6.07) is 9.01. The quantitative estimate of drug-likeness (QED) is 0.909. The molecule has 0 saturated carbocycles. The lowest BCUT2D eigenvalue weighted by Gasteiger charge is -2.21. The number of nitrogens with zero attached hydrogens (tertiary/aromatic N) is 3. The van der Waals surface area contributed by atoms with Gasteiger partial charge >= 0.3 is 6.03 Å². The van der Waals surface area contributed by atoms with Crippen molar-refractivity contribution in [1.82, 2.24) is 9.80 Å². The third-order valence-corrected chi connectivity index (χ3v) is 3.99. The molecule has 1 atom stereocenters. The minimum Gasteiger partial charge on any atom is -0.324 e. The van der Waals surface area contributed by atoms with Crippen LogP contribution in [-0.4, -0.2) is 49.1 Å². The minimum atomic E-state index is -0.0734. The maximum atomic E-state index is 12.3. The smallest absolute Gasteiger partial charge is 0.321 e. The van der Waals surface area contributed by atoms with E-state index in [4.69, 9.17) is 5.26 Å². The van der Waals surface area contributed by atoms with Crippen LogP contribution in [0.1, 0.15) is 25.3 Å². The highest BCUT2D eigenvalue weighted by molar-refractivity contribution is 5.89. The van der Waals surface area contributed by atoms with Crippen LogP contribution in [0.25, 0.3) is 0 Å². The van der Waals surface area contributed by atoms with Gasteiger partial charge in [-0.2, -0.15) is 5.26 Å². The first-order chi connectivity index (χ1) is 10.6. The van der Waals surface area contributed by atoms with Crippen molar-refractivity contribution in [2.45, 2.75) is 19.8 Å². The standard InChI is InChI=1S/C17H24N4O/c1-3-8-20(2)12-15-7-9-21(13-15)17(22)19-16-6-4-5-14(10-16)11-18/h4-6,10,15H,3,7-9,12-13H2,1-2H3,(H,19,22). The lowest BCUT2D eigenvalue weighted by molar-refractivity contribution is 0.217. The number of nitriles is 1. The molecule has 1 fully saturated rings. The van der Waals surface area contributed by atoms with Crippen LogP contribution in [0.15, 0.2) is 24.3 Å². The van der Waals surface area contributed by atoms with Crippen molar-refractivity contribution in [1.29, 1.82) is 5.26 Å². The Bertz CT molecular complexity index is 552. The van der Waals surface area contributed by atoms with Gasteiger partial charge in [-0.05, 0) is 50.6 Å². The number of nitrogens with one attached hydrogen (secondary N) is 1. The lowest BCUT2D eigenvalue weighted by Crippen LogP contribution is -2.34. The van der Waals surface area contributed by atoms with Gasteiger partial charge in [0.25, 0.3) is 0 Å². The van der Waals surface area contributed by atoms with E-state index in [9.17, 15) is 4.79 Å². The maximum absolute atomic E-state index is 12.3. The molecule has 0 radical (unpaired) electrons. The normalized spacial score (nSPS) is 17.5. The van der Waals surface area contributed by atoms with Gasteiger partial charge in [-0.3, -0.25) is 0 Å². The first-order valence-electron chi connectivity index (χ1n) is 7.87. The number of urea groups is 1. The Morgan fingerprint density at radius 3 is 3.09 bits per heavy atom. The first kappa shape index (κ1) is 16.3. The monoisotopic (exact) mass is 300 g/mol. The Kier molecular flexibility index (Phi) is 5.79. The van der Waals surface area contributed by atoms with Gasteiger partial charge in [0.05, 0.1) is 11.6 Å². The topological polar surface area (TPSA) is 59.4 Å². The number of amides is 2. The molecule has 1 unspecified atom stereocenters. The summed E-state index contributed by atoms with van der Waals surface area (Å²) in [5, 5.41) is 11.8. The van der Waals surface area contributed by atoms with Crippen molar-refractivity contribution in [3.63, 3.8) is 0 Å². The summed E-state index contributed by atoms with van der Waals surface area (Å²) >= 11 is 0. The van der Waals surface area contributed by atoms with Gasteiger partial charge in [-0.15, -0.1) is 0 Å². The summed E-state index contributed by atoms with van der Waals surface area (Å²) in [6.45, 7) is 5.93. The number of likely N-dealkylation sites (tertiary alicyclic amines) is 1. The van der Waals surface area contributed by atoms with E-state index in [2.05, 4.69) is 30.3 Å².